The maximum absolute atomic E-state index is 13.8. The summed E-state index contributed by atoms with van der Waals surface area (Å²) in [5.41, 5.74) is 8.23. The van der Waals surface area contributed by atoms with E-state index in [1.165, 1.54) is 0 Å². The van der Waals surface area contributed by atoms with E-state index in [9.17, 15) is 13.6 Å². The molecule has 1 fully saturated rings. The minimum atomic E-state index is -2.90. The molecule has 1 aromatic heterocycles. The van der Waals surface area contributed by atoms with Gasteiger partial charge in [-0.25, -0.2) is 8.78 Å². The predicted molar refractivity (Wildman–Crippen MR) is 95.0 cm³/mol. The molecule has 0 spiro atoms. The van der Waals surface area contributed by atoms with Crippen molar-refractivity contribution >= 4 is 29.0 Å². The van der Waals surface area contributed by atoms with Gasteiger partial charge < -0.3 is 15.1 Å². The standard InChI is InChI=1S/C19H15ClF2N2O2/c20-16-7-13(5-14-6-15(8-23)26-17(14)16)11-1-3-12(4-2-11)18-19(21,22)9-24(18)10-25/h1-7,10,18H,8-9,23H2. The number of alkyl halides is 2. The molecule has 0 radical (unpaired) electrons. The Bertz CT molecular complexity index is 985. The van der Waals surface area contributed by atoms with Gasteiger partial charge in [-0.1, -0.05) is 35.9 Å². The Morgan fingerprint density at radius 1 is 1.23 bits per heavy atom. The number of amides is 1. The number of carbonyl (C=O) groups is 1. The first kappa shape index (κ1) is 17.0. The largest absolute Gasteiger partial charge is 0.458 e. The summed E-state index contributed by atoms with van der Waals surface area (Å²) >= 11 is 6.29. The van der Waals surface area contributed by atoms with Gasteiger partial charge in [0.25, 0.3) is 5.92 Å². The first-order chi connectivity index (χ1) is 12.4. The number of nitrogens with two attached hydrogens (primary N) is 1. The van der Waals surface area contributed by atoms with Crippen LogP contribution in [-0.4, -0.2) is 23.8 Å². The molecule has 0 aliphatic carbocycles. The highest BCUT2D eigenvalue weighted by molar-refractivity contribution is 6.35. The summed E-state index contributed by atoms with van der Waals surface area (Å²) in [4.78, 5) is 12.0. The van der Waals surface area contributed by atoms with E-state index < -0.39 is 18.5 Å². The molecule has 7 heteroatoms. The average Bonchev–Trinajstić information content (AvgIpc) is 3.04. The molecule has 1 aliphatic rings. The zero-order valence-corrected chi connectivity index (χ0v) is 14.3. The van der Waals surface area contributed by atoms with Crippen molar-refractivity contribution in [2.24, 2.45) is 5.73 Å². The zero-order chi connectivity index (χ0) is 18.5. The average molecular weight is 377 g/mol. The number of fused-ring (bicyclic) bond motifs is 1. The van der Waals surface area contributed by atoms with Gasteiger partial charge in [0.1, 0.15) is 11.8 Å². The van der Waals surface area contributed by atoms with E-state index in [2.05, 4.69) is 0 Å². The lowest BCUT2D eigenvalue weighted by Gasteiger charge is -2.45. The Morgan fingerprint density at radius 3 is 2.58 bits per heavy atom. The molecular formula is C19H15ClF2N2O2. The van der Waals surface area contributed by atoms with Gasteiger partial charge in [-0.15, -0.1) is 0 Å². The van der Waals surface area contributed by atoms with Crippen LogP contribution in [0.2, 0.25) is 5.02 Å². The van der Waals surface area contributed by atoms with E-state index in [0.29, 0.717) is 28.3 Å². The van der Waals surface area contributed by atoms with Gasteiger partial charge in [0.15, 0.2) is 5.58 Å². The lowest BCUT2D eigenvalue weighted by atomic mass is 9.90. The molecule has 1 saturated heterocycles. The number of likely N-dealkylation sites (tertiary alicyclic amines) is 1. The predicted octanol–water partition coefficient (Wildman–Crippen LogP) is 4.36. The third-order valence-corrected chi connectivity index (χ3v) is 4.92. The lowest BCUT2D eigenvalue weighted by molar-refractivity contribution is -0.187. The second kappa shape index (κ2) is 6.07. The minimum absolute atomic E-state index is 0.276. The number of nitrogens with zero attached hydrogens (tertiary/aromatic N) is 1. The molecule has 1 unspecified atom stereocenters. The molecule has 0 bridgehead atoms. The molecule has 1 atom stereocenters. The molecule has 3 aromatic rings. The van der Waals surface area contributed by atoms with Crippen molar-refractivity contribution < 1.29 is 18.0 Å². The summed E-state index contributed by atoms with van der Waals surface area (Å²) < 4.78 is 33.1. The third kappa shape index (κ3) is 2.66. The third-order valence-electron chi connectivity index (χ3n) is 4.64. The topological polar surface area (TPSA) is 59.5 Å². The number of rotatable bonds is 4. The van der Waals surface area contributed by atoms with Gasteiger partial charge in [-0.05, 0) is 34.9 Å². The zero-order valence-electron chi connectivity index (χ0n) is 13.6. The molecule has 1 aliphatic heterocycles. The van der Waals surface area contributed by atoms with Crippen LogP contribution < -0.4 is 5.73 Å². The summed E-state index contributed by atoms with van der Waals surface area (Å²) in [6.07, 6.45) is 0.456. The highest BCUT2D eigenvalue weighted by atomic mass is 35.5. The van der Waals surface area contributed by atoms with Crippen LogP contribution in [0.4, 0.5) is 8.78 Å². The van der Waals surface area contributed by atoms with Crippen LogP contribution in [0.5, 0.6) is 0 Å². The number of carbonyl (C=O) groups excluding carboxylic acids is 1. The first-order valence-electron chi connectivity index (χ1n) is 8.04. The summed E-state index contributed by atoms with van der Waals surface area (Å²) in [6.45, 7) is -0.267. The quantitative estimate of drug-likeness (QED) is 0.688. The summed E-state index contributed by atoms with van der Waals surface area (Å²) in [5, 5.41) is 1.29. The monoisotopic (exact) mass is 376 g/mol. The van der Waals surface area contributed by atoms with E-state index in [0.717, 1.165) is 21.4 Å². The van der Waals surface area contributed by atoms with Crippen molar-refractivity contribution in [2.75, 3.05) is 6.54 Å². The molecule has 2 aromatic carbocycles. The Morgan fingerprint density at radius 2 is 1.96 bits per heavy atom. The van der Waals surface area contributed by atoms with Gasteiger partial charge in [0, 0.05) is 5.39 Å². The summed E-state index contributed by atoms with van der Waals surface area (Å²) in [6, 6.07) is 11.0. The van der Waals surface area contributed by atoms with Gasteiger partial charge in [-0.2, -0.15) is 0 Å². The van der Waals surface area contributed by atoms with Crippen LogP contribution in [0.1, 0.15) is 17.4 Å². The smallest absolute Gasteiger partial charge is 0.289 e. The SMILES string of the molecule is NCc1cc2cc(-c3ccc(C4N(C=O)CC4(F)F)cc3)cc(Cl)c2o1. The van der Waals surface area contributed by atoms with E-state index >= 15 is 0 Å². The minimum Gasteiger partial charge on any atom is -0.458 e. The Balaban J connectivity index is 1.69. The molecule has 2 N–H and O–H groups in total. The fraction of sp³-hybridized carbons (Fsp3) is 0.211. The van der Waals surface area contributed by atoms with Gasteiger partial charge in [-0.3, -0.25) is 4.79 Å². The highest BCUT2D eigenvalue weighted by Gasteiger charge is 2.55. The van der Waals surface area contributed by atoms with Crippen LogP contribution in [0.15, 0.2) is 46.9 Å². The lowest BCUT2D eigenvalue weighted by Crippen LogP contribution is -2.57. The van der Waals surface area contributed by atoms with Crippen molar-refractivity contribution in [3.63, 3.8) is 0 Å². The van der Waals surface area contributed by atoms with Crippen LogP contribution >= 0.6 is 11.6 Å². The van der Waals surface area contributed by atoms with Gasteiger partial charge in [0.05, 0.1) is 18.1 Å². The van der Waals surface area contributed by atoms with Crippen molar-refractivity contribution in [1.29, 1.82) is 0 Å². The van der Waals surface area contributed by atoms with Crippen LogP contribution in [-0.2, 0) is 11.3 Å². The number of furan rings is 1. The Hall–Kier alpha value is -2.44. The van der Waals surface area contributed by atoms with Crippen molar-refractivity contribution in [2.45, 2.75) is 18.5 Å². The molecule has 4 rings (SSSR count). The van der Waals surface area contributed by atoms with Crippen LogP contribution in [0, 0.1) is 0 Å². The van der Waals surface area contributed by atoms with E-state index in [4.69, 9.17) is 21.8 Å². The molecule has 1 amide bonds. The van der Waals surface area contributed by atoms with E-state index in [-0.39, 0.29) is 6.54 Å². The Kier molecular flexibility index (Phi) is 3.97. The normalized spacial score (nSPS) is 18.8. The highest BCUT2D eigenvalue weighted by Crippen LogP contribution is 2.45. The maximum atomic E-state index is 13.8. The molecule has 4 nitrogen and oxygen atoms in total. The van der Waals surface area contributed by atoms with E-state index in [1.807, 2.05) is 12.1 Å². The molecule has 2 heterocycles. The number of hydrogen-bond acceptors (Lipinski definition) is 3. The first-order valence-corrected chi connectivity index (χ1v) is 8.42. The van der Waals surface area contributed by atoms with Gasteiger partial charge >= 0.3 is 0 Å². The Labute approximate surface area is 153 Å². The molecule has 26 heavy (non-hydrogen) atoms. The van der Waals surface area contributed by atoms with E-state index in [1.54, 1.807) is 30.3 Å². The number of hydrogen-bond donors (Lipinski definition) is 1. The number of halogens is 3. The fourth-order valence-electron chi connectivity index (χ4n) is 3.37. The maximum Gasteiger partial charge on any atom is 0.289 e. The summed E-state index contributed by atoms with van der Waals surface area (Å²) in [7, 11) is 0. The van der Waals surface area contributed by atoms with Crippen molar-refractivity contribution in [1.82, 2.24) is 4.90 Å². The van der Waals surface area contributed by atoms with Crippen molar-refractivity contribution in [3.05, 3.63) is 58.8 Å². The molecular weight excluding hydrogens is 362 g/mol. The van der Waals surface area contributed by atoms with Gasteiger partial charge in [0.2, 0.25) is 6.41 Å². The second-order valence-corrected chi connectivity index (χ2v) is 6.76. The van der Waals surface area contributed by atoms with Crippen LogP contribution in [0.25, 0.3) is 22.1 Å². The molecule has 134 valence electrons. The summed E-state index contributed by atoms with van der Waals surface area (Å²) in [5.74, 6) is -2.27. The second-order valence-electron chi connectivity index (χ2n) is 6.36. The van der Waals surface area contributed by atoms with Crippen molar-refractivity contribution in [3.8, 4) is 11.1 Å². The van der Waals surface area contributed by atoms with Crippen LogP contribution in [0.3, 0.4) is 0 Å². The fourth-order valence-corrected chi connectivity index (χ4v) is 3.64. The molecule has 0 saturated carbocycles. The number of benzene rings is 2.